The second kappa shape index (κ2) is 5.53. The molecule has 1 saturated heterocycles. The van der Waals surface area contributed by atoms with Crippen LogP contribution in [0.1, 0.15) is 29.6 Å². The standard InChI is InChI=1S/C12H20N4O3S/c1-15-12(13)10(7-14-15)11(17)6-9-4-3-5-16(8-9)20(2,18)19/h7,9H,3-6,8,13H2,1-2H3. The molecule has 1 aliphatic heterocycles. The molecule has 1 fully saturated rings. The Hall–Kier alpha value is -1.41. The molecule has 0 radical (unpaired) electrons. The molecule has 1 aromatic heterocycles. The lowest BCUT2D eigenvalue weighted by molar-refractivity contribution is 0.0943. The van der Waals surface area contributed by atoms with Crippen molar-refractivity contribution in [2.75, 3.05) is 25.1 Å². The first-order chi connectivity index (χ1) is 9.29. The molecule has 1 aliphatic rings. The van der Waals surface area contributed by atoms with E-state index in [9.17, 15) is 13.2 Å². The Morgan fingerprint density at radius 3 is 2.80 bits per heavy atom. The largest absolute Gasteiger partial charge is 0.383 e. The van der Waals surface area contributed by atoms with E-state index < -0.39 is 10.0 Å². The summed E-state index contributed by atoms with van der Waals surface area (Å²) < 4.78 is 26.0. The van der Waals surface area contributed by atoms with Crippen LogP contribution in [0.25, 0.3) is 0 Å². The number of ketones is 1. The minimum absolute atomic E-state index is 0.0468. The molecule has 2 N–H and O–H groups in total. The van der Waals surface area contributed by atoms with Gasteiger partial charge < -0.3 is 5.73 Å². The number of nitrogens with zero attached hydrogens (tertiary/aromatic N) is 3. The number of aryl methyl sites for hydroxylation is 1. The molecule has 1 unspecified atom stereocenters. The smallest absolute Gasteiger partial charge is 0.211 e. The van der Waals surface area contributed by atoms with Crippen molar-refractivity contribution in [2.45, 2.75) is 19.3 Å². The third-order valence-electron chi connectivity index (χ3n) is 3.71. The molecular weight excluding hydrogens is 280 g/mol. The second-order valence-electron chi connectivity index (χ2n) is 5.32. The Kier molecular flexibility index (Phi) is 4.14. The van der Waals surface area contributed by atoms with Crippen LogP contribution in [0.5, 0.6) is 0 Å². The number of carbonyl (C=O) groups is 1. The Morgan fingerprint density at radius 1 is 1.55 bits per heavy atom. The molecule has 112 valence electrons. The van der Waals surface area contributed by atoms with Crippen molar-refractivity contribution in [1.82, 2.24) is 14.1 Å². The highest BCUT2D eigenvalue weighted by molar-refractivity contribution is 7.88. The minimum Gasteiger partial charge on any atom is -0.383 e. The van der Waals surface area contributed by atoms with Gasteiger partial charge in [-0.05, 0) is 18.8 Å². The third-order valence-corrected chi connectivity index (χ3v) is 4.98. The summed E-state index contributed by atoms with van der Waals surface area (Å²) >= 11 is 0. The molecule has 1 atom stereocenters. The number of aromatic nitrogens is 2. The summed E-state index contributed by atoms with van der Waals surface area (Å²) in [7, 11) is -1.50. The van der Waals surface area contributed by atoms with Crippen LogP contribution in [0, 0.1) is 5.92 Å². The van der Waals surface area contributed by atoms with Crippen molar-refractivity contribution >= 4 is 21.6 Å². The third kappa shape index (κ3) is 3.18. The van der Waals surface area contributed by atoms with Crippen molar-refractivity contribution in [1.29, 1.82) is 0 Å². The second-order valence-corrected chi connectivity index (χ2v) is 7.31. The number of nitrogens with two attached hydrogens (primary N) is 1. The zero-order valence-electron chi connectivity index (χ0n) is 11.7. The van der Waals surface area contributed by atoms with Gasteiger partial charge in [0, 0.05) is 26.6 Å². The van der Waals surface area contributed by atoms with Crippen LogP contribution < -0.4 is 5.73 Å². The zero-order valence-corrected chi connectivity index (χ0v) is 12.6. The number of piperidine rings is 1. The summed E-state index contributed by atoms with van der Waals surface area (Å²) in [6.45, 7) is 0.948. The van der Waals surface area contributed by atoms with Crippen molar-refractivity contribution in [3.05, 3.63) is 11.8 Å². The van der Waals surface area contributed by atoms with Crippen molar-refractivity contribution in [3.63, 3.8) is 0 Å². The fourth-order valence-electron chi connectivity index (χ4n) is 2.53. The van der Waals surface area contributed by atoms with E-state index >= 15 is 0 Å². The maximum Gasteiger partial charge on any atom is 0.211 e. The van der Waals surface area contributed by atoms with Crippen LogP contribution in [0.3, 0.4) is 0 Å². The molecule has 2 rings (SSSR count). The van der Waals surface area contributed by atoms with E-state index in [0.717, 1.165) is 12.8 Å². The lowest BCUT2D eigenvalue weighted by Crippen LogP contribution is -2.39. The SMILES string of the molecule is Cn1ncc(C(=O)CC2CCCN(S(C)(=O)=O)C2)c1N. The van der Waals surface area contributed by atoms with Gasteiger partial charge in [-0.25, -0.2) is 12.7 Å². The lowest BCUT2D eigenvalue weighted by Gasteiger charge is -2.30. The summed E-state index contributed by atoms with van der Waals surface area (Å²) in [6.07, 6.45) is 4.62. The van der Waals surface area contributed by atoms with Crippen LogP contribution in [-0.2, 0) is 17.1 Å². The van der Waals surface area contributed by atoms with Gasteiger partial charge in [-0.2, -0.15) is 5.10 Å². The molecule has 20 heavy (non-hydrogen) atoms. The fourth-order valence-corrected chi connectivity index (χ4v) is 3.47. The van der Waals surface area contributed by atoms with E-state index in [1.807, 2.05) is 0 Å². The first-order valence-corrected chi connectivity index (χ1v) is 8.39. The number of Topliss-reactive ketones (excluding diaryl/α,β-unsaturated/α-hetero) is 1. The van der Waals surface area contributed by atoms with Crippen molar-refractivity contribution in [3.8, 4) is 0 Å². The highest BCUT2D eigenvalue weighted by Crippen LogP contribution is 2.24. The van der Waals surface area contributed by atoms with E-state index in [0.29, 0.717) is 30.9 Å². The van der Waals surface area contributed by atoms with E-state index in [-0.39, 0.29) is 11.7 Å². The Balaban J connectivity index is 2.03. The zero-order chi connectivity index (χ0) is 14.9. The van der Waals surface area contributed by atoms with Crippen LogP contribution in [0.15, 0.2) is 6.20 Å². The van der Waals surface area contributed by atoms with Gasteiger partial charge in [0.1, 0.15) is 5.82 Å². The maximum absolute atomic E-state index is 12.2. The molecular formula is C12H20N4O3S. The molecule has 0 aliphatic carbocycles. The maximum atomic E-state index is 12.2. The Morgan fingerprint density at radius 2 is 2.25 bits per heavy atom. The van der Waals surface area contributed by atoms with Gasteiger partial charge in [0.2, 0.25) is 10.0 Å². The highest BCUT2D eigenvalue weighted by atomic mass is 32.2. The summed E-state index contributed by atoms with van der Waals surface area (Å²) in [5.41, 5.74) is 6.20. The number of carbonyl (C=O) groups excluding carboxylic acids is 1. The minimum atomic E-state index is -3.18. The van der Waals surface area contributed by atoms with Gasteiger partial charge >= 0.3 is 0 Å². The Bertz CT molecular complexity index is 608. The number of anilines is 1. The molecule has 7 nitrogen and oxygen atoms in total. The van der Waals surface area contributed by atoms with Gasteiger partial charge in [0.25, 0.3) is 0 Å². The topological polar surface area (TPSA) is 98.3 Å². The molecule has 0 aromatic carbocycles. The quantitative estimate of drug-likeness (QED) is 0.804. The van der Waals surface area contributed by atoms with Crippen molar-refractivity contribution < 1.29 is 13.2 Å². The molecule has 2 heterocycles. The molecule has 0 bridgehead atoms. The average Bonchev–Trinajstić information content (AvgIpc) is 2.69. The molecule has 0 saturated carbocycles. The van der Waals surface area contributed by atoms with E-state index in [1.54, 1.807) is 7.05 Å². The first-order valence-electron chi connectivity index (χ1n) is 6.55. The number of sulfonamides is 1. The van der Waals surface area contributed by atoms with E-state index in [4.69, 9.17) is 5.73 Å². The van der Waals surface area contributed by atoms with Gasteiger partial charge in [-0.3, -0.25) is 9.48 Å². The van der Waals surface area contributed by atoms with Crippen LogP contribution in [0.2, 0.25) is 0 Å². The predicted octanol–water partition coefficient (Wildman–Crippen LogP) is 0.247. The Labute approximate surface area is 118 Å². The molecule has 0 amide bonds. The highest BCUT2D eigenvalue weighted by Gasteiger charge is 2.28. The normalized spacial score (nSPS) is 21.0. The van der Waals surface area contributed by atoms with E-state index in [1.165, 1.54) is 21.4 Å². The first kappa shape index (κ1) is 15.0. The number of hydrogen-bond acceptors (Lipinski definition) is 5. The van der Waals surface area contributed by atoms with Gasteiger partial charge in [-0.1, -0.05) is 0 Å². The van der Waals surface area contributed by atoms with E-state index in [2.05, 4.69) is 5.10 Å². The molecule has 0 spiro atoms. The van der Waals surface area contributed by atoms with Crippen LogP contribution in [0.4, 0.5) is 5.82 Å². The fraction of sp³-hybridized carbons (Fsp3) is 0.667. The summed E-state index contributed by atoms with van der Waals surface area (Å²) in [5, 5.41) is 3.95. The van der Waals surface area contributed by atoms with Gasteiger partial charge in [-0.15, -0.1) is 0 Å². The summed E-state index contributed by atoms with van der Waals surface area (Å²) in [6, 6.07) is 0. The number of hydrogen-bond donors (Lipinski definition) is 1. The van der Waals surface area contributed by atoms with Crippen LogP contribution >= 0.6 is 0 Å². The average molecular weight is 300 g/mol. The van der Waals surface area contributed by atoms with Gasteiger partial charge in [0.05, 0.1) is 18.0 Å². The van der Waals surface area contributed by atoms with Gasteiger partial charge in [0.15, 0.2) is 5.78 Å². The van der Waals surface area contributed by atoms with Crippen LogP contribution in [-0.4, -0.2) is 47.6 Å². The number of rotatable bonds is 4. The summed E-state index contributed by atoms with van der Waals surface area (Å²) in [4.78, 5) is 12.2. The summed E-state index contributed by atoms with van der Waals surface area (Å²) in [5.74, 6) is 0.326. The van der Waals surface area contributed by atoms with Crippen molar-refractivity contribution in [2.24, 2.45) is 13.0 Å². The molecule has 1 aromatic rings. The number of nitrogen functional groups attached to an aromatic ring is 1. The lowest BCUT2D eigenvalue weighted by atomic mass is 9.92. The predicted molar refractivity (Wildman–Crippen MR) is 75.7 cm³/mol. The molecule has 8 heteroatoms. The monoisotopic (exact) mass is 300 g/mol.